The van der Waals surface area contributed by atoms with Gasteiger partial charge in [-0.1, -0.05) is 36.8 Å². The molecule has 2 fully saturated rings. The molecule has 1 aromatic heterocycles. The van der Waals surface area contributed by atoms with Crippen LogP contribution in [0, 0.1) is 11.3 Å². The molecule has 6 nitrogen and oxygen atoms in total. The zero-order valence-corrected chi connectivity index (χ0v) is 21.5. The predicted molar refractivity (Wildman–Crippen MR) is 139 cm³/mol. The van der Waals surface area contributed by atoms with Gasteiger partial charge < -0.3 is 19.8 Å². The summed E-state index contributed by atoms with van der Waals surface area (Å²) in [5, 5.41) is 23.2. The Morgan fingerprint density at radius 3 is 2.81 bits per heavy atom. The van der Waals surface area contributed by atoms with Crippen LogP contribution < -0.4 is 0 Å². The Labute approximate surface area is 212 Å². The fraction of sp³-hybridized carbons (Fsp3) is 0.533. The van der Waals surface area contributed by atoms with Crippen molar-refractivity contribution in [2.45, 2.75) is 75.4 Å². The van der Waals surface area contributed by atoms with Gasteiger partial charge in [-0.05, 0) is 81.5 Å². The number of allylic oxidation sites excluding steroid dienone is 3. The van der Waals surface area contributed by atoms with E-state index < -0.39 is 17.8 Å². The van der Waals surface area contributed by atoms with Crippen molar-refractivity contribution in [1.82, 2.24) is 14.9 Å². The zero-order chi connectivity index (χ0) is 25.0. The van der Waals surface area contributed by atoms with E-state index in [1.807, 2.05) is 25.2 Å². The molecule has 2 bridgehead atoms. The molecule has 7 rings (SSSR count). The Bertz CT molecular complexity index is 1380. The van der Waals surface area contributed by atoms with Crippen LogP contribution in [0.15, 0.2) is 59.6 Å². The van der Waals surface area contributed by atoms with E-state index >= 15 is 0 Å². The number of hydrogen-bond donors (Lipinski definition) is 2. The number of aliphatic hydroxyl groups excluding tert-OH is 2. The normalized spacial score (nSPS) is 41.2. The van der Waals surface area contributed by atoms with Gasteiger partial charge in [-0.2, -0.15) is 0 Å². The average molecular weight is 486 g/mol. The van der Waals surface area contributed by atoms with E-state index in [4.69, 9.17) is 4.74 Å². The van der Waals surface area contributed by atoms with Crippen LogP contribution in [-0.2, 0) is 4.74 Å². The van der Waals surface area contributed by atoms with E-state index in [2.05, 4.69) is 54.2 Å². The maximum absolute atomic E-state index is 11.2. The highest BCUT2D eigenvalue weighted by Gasteiger charge is 2.68. The minimum Gasteiger partial charge on any atom is -0.388 e. The summed E-state index contributed by atoms with van der Waals surface area (Å²) in [5.74, 6) is 0.332. The van der Waals surface area contributed by atoms with Crippen LogP contribution in [0.2, 0.25) is 0 Å². The summed E-state index contributed by atoms with van der Waals surface area (Å²) in [6.07, 6.45) is 10.9. The lowest BCUT2D eigenvalue weighted by Crippen LogP contribution is -2.62. The number of hydrogen-bond acceptors (Lipinski definition) is 6. The Kier molecular flexibility index (Phi) is 4.65. The van der Waals surface area contributed by atoms with Gasteiger partial charge in [-0.25, -0.2) is 9.97 Å². The van der Waals surface area contributed by atoms with E-state index in [0.717, 1.165) is 42.2 Å². The number of ether oxygens (including phenoxy) is 1. The Morgan fingerprint density at radius 1 is 1.17 bits per heavy atom. The molecule has 2 N–H and O–H groups in total. The molecule has 2 spiro atoms. The maximum Gasteiger partial charge on any atom is 0.116 e. The van der Waals surface area contributed by atoms with Gasteiger partial charge in [0.25, 0.3) is 0 Å². The molecule has 5 aliphatic rings. The molecule has 2 aliphatic heterocycles. The van der Waals surface area contributed by atoms with Crippen molar-refractivity contribution in [2.75, 3.05) is 14.1 Å². The van der Waals surface area contributed by atoms with E-state index in [0.29, 0.717) is 12.3 Å². The first-order valence-electron chi connectivity index (χ1n) is 13.2. The highest BCUT2D eigenvalue weighted by molar-refractivity contribution is 5.84. The van der Waals surface area contributed by atoms with Crippen LogP contribution in [0.3, 0.4) is 0 Å². The molecule has 1 saturated heterocycles. The zero-order valence-electron chi connectivity index (χ0n) is 21.5. The van der Waals surface area contributed by atoms with Crippen molar-refractivity contribution in [1.29, 1.82) is 0 Å². The summed E-state index contributed by atoms with van der Waals surface area (Å²) in [5.41, 5.74) is 6.19. The van der Waals surface area contributed by atoms with Crippen LogP contribution in [0.1, 0.15) is 51.5 Å². The van der Waals surface area contributed by atoms with Gasteiger partial charge in [0.1, 0.15) is 12.4 Å². The Morgan fingerprint density at radius 2 is 2.00 bits per heavy atom. The smallest absolute Gasteiger partial charge is 0.116 e. The lowest BCUT2D eigenvalue weighted by Gasteiger charge is -2.56. The molecule has 3 heterocycles. The highest BCUT2D eigenvalue weighted by Crippen LogP contribution is 2.69. The second-order valence-electron chi connectivity index (χ2n) is 12.2. The minimum atomic E-state index is -0.896. The van der Waals surface area contributed by atoms with Crippen LogP contribution >= 0.6 is 0 Å². The molecule has 7 atom stereocenters. The molecule has 3 aliphatic carbocycles. The maximum atomic E-state index is 11.2. The standard InChI is InChI=1S/C30H35N3O3/c1-17-13-28(2)20(18-5-6-19-15-31-16-32-23(19)11-18)7-8-25(28)30-10-9-29(36-30)14-24(33(3)4)27(35)26(34)22(29)12-21(17)30/h5-7,11-12,15-16,24-27,34-35H,8-10,13-14H2,1-4H3/t24-,25?,26+,27+,28+,29+,30+/m0/s1. The number of rotatable bonds is 2. The summed E-state index contributed by atoms with van der Waals surface area (Å²) in [4.78, 5) is 10.7. The topological polar surface area (TPSA) is 78.7 Å². The minimum absolute atomic E-state index is 0.0427. The molecule has 6 heteroatoms. The summed E-state index contributed by atoms with van der Waals surface area (Å²) in [6, 6.07) is 6.42. The van der Waals surface area contributed by atoms with Gasteiger partial charge in [0.15, 0.2) is 0 Å². The highest BCUT2D eigenvalue weighted by atomic mass is 16.5. The lowest BCUT2D eigenvalue weighted by atomic mass is 9.56. The van der Waals surface area contributed by atoms with Crippen LogP contribution in [0.4, 0.5) is 0 Å². The van der Waals surface area contributed by atoms with Gasteiger partial charge in [0, 0.05) is 29.0 Å². The number of fused-ring (bicyclic) bond motifs is 2. The number of likely N-dealkylation sites (N-methyl/N-ethyl adjacent to an activating group) is 1. The molecular formula is C30H35N3O3. The third-order valence-electron chi connectivity index (χ3n) is 10.2. The van der Waals surface area contributed by atoms with Gasteiger partial charge in [0.05, 0.1) is 22.8 Å². The molecule has 36 heavy (non-hydrogen) atoms. The first kappa shape index (κ1) is 22.8. The van der Waals surface area contributed by atoms with E-state index in [1.165, 1.54) is 22.3 Å². The summed E-state index contributed by atoms with van der Waals surface area (Å²) in [6.45, 7) is 4.66. The van der Waals surface area contributed by atoms with Crippen molar-refractivity contribution in [3.63, 3.8) is 0 Å². The Hall–Kier alpha value is -2.38. The van der Waals surface area contributed by atoms with Gasteiger partial charge >= 0.3 is 0 Å². The molecule has 1 unspecified atom stereocenters. The van der Waals surface area contributed by atoms with Crippen LogP contribution in [-0.4, -0.2) is 68.6 Å². The molecule has 2 aromatic rings. The van der Waals surface area contributed by atoms with Crippen LogP contribution in [0.25, 0.3) is 16.5 Å². The summed E-state index contributed by atoms with van der Waals surface area (Å²) in [7, 11) is 3.96. The van der Waals surface area contributed by atoms with Crippen molar-refractivity contribution >= 4 is 16.5 Å². The fourth-order valence-electron chi connectivity index (χ4n) is 8.59. The van der Waals surface area contributed by atoms with Crippen molar-refractivity contribution in [3.05, 3.63) is 65.2 Å². The van der Waals surface area contributed by atoms with Gasteiger partial charge in [0.2, 0.25) is 0 Å². The molecule has 1 aromatic carbocycles. The molecule has 1 saturated carbocycles. The molecule has 188 valence electrons. The number of benzene rings is 1. The second kappa shape index (κ2) is 7.35. The molecule has 0 radical (unpaired) electrons. The first-order chi connectivity index (χ1) is 17.2. The predicted octanol–water partition coefficient (Wildman–Crippen LogP) is 4.04. The van der Waals surface area contributed by atoms with Gasteiger partial charge in [-0.15, -0.1) is 0 Å². The number of aromatic nitrogens is 2. The Balaban J connectivity index is 1.33. The average Bonchev–Trinajstić information content (AvgIpc) is 3.36. The van der Waals surface area contributed by atoms with E-state index in [-0.39, 0.29) is 17.1 Å². The van der Waals surface area contributed by atoms with E-state index in [9.17, 15) is 10.2 Å². The SMILES string of the molecule is CC1=C2C=C3[C@@H](O)[C@H](O)[C@@H](N(C)C)C[C@]34CC[C@]2(O4)C2CC=C(c3ccc4cncnc4c3)[C@@]2(C)C1. The van der Waals surface area contributed by atoms with Crippen molar-refractivity contribution in [3.8, 4) is 0 Å². The quantitative estimate of drug-likeness (QED) is 0.669. The summed E-state index contributed by atoms with van der Waals surface area (Å²) >= 11 is 0. The fourth-order valence-corrected chi connectivity index (χ4v) is 8.59. The van der Waals surface area contributed by atoms with Gasteiger partial charge in [-0.3, -0.25) is 0 Å². The largest absolute Gasteiger partial charge is 0.388 e. The van der Waals surface area contributed by atoms with Crippen LogP contribution in [0.5, 0.6) is 0 Å². The third kappa shape index (κ3) is 2.76. The lowest BCUT2D eigenvalue weighted by molar-refractivity contribution is -0.162. The summed E-state index contributed by atoms with van der Waals surface area (Å²) < 4.78 is 7.31. The third-order valence-corrected chi connectivity index (χ3v) is 10.2. The molecular weight excluding hydrogens is 450 g/mol. The van der Waals surface area contributed by atoms with Crippen molar-refractivity contribution < 1.29 is 14.9 Å². The monoisotopic (exact) mass is 485 g/mol. The second-order valence-corrected chi connectivity index (χ2v) is 12.2. The van der Waals surface area contributed by atoms with Crippen molar-refractivity contribution in [2.24, 2.45) is 11.3 Å². The van der Waals surface area contributed by atoms with E-state index in [1.54, 1.807) is 6.33 Å². The molecule has 0 amide bonds. The number of nitrogens with zero attached hydrogens (tertiary/aromatic N) is 3. The number of aliphatic hydroxyl groups is 2. The first-order valence-corrected chi connectivity index (χ1v) is 13.2.